The number of aromatic nitrogens is 1. The van der Waals surface area contributed by atoms with Gasteiger partial charge in [0.1, 0.15) is 5.69 Å². The minimum atomic E-state index is -0.982. The number of benzene rings is 1. The summed E-state index contributed by atoms with van der Waals surface area (Å²) in [6.07, 6.45) is 1.12. The standard InChI is InChI=1S/C20H20N2O5/c1-11(23)16-9-17(21-10-16)20(26)27-12(2)19(25)15-4-5-18-14(8-15)6-7-22(18)13(3)24/h4-5,8-10,12,21H,6-7H2,1-3H3/t12-/m1/s1. The number of ether oxygens (including phenoxy) is 1. The summed E-state index contributed by atoms with van der Waals surface area (Å²) in [7, 11) is 0. The van der Waals surface area contributed by atoms with E-state index in [4.69, 9.17) is 4.74 Å². The topological polar surface area (TPSA) is 96.5 Å². The van der Waals surface area contributed by atoms with E-state index in [-0.39, 0.29) is 23.2 Å². The quantitative estimate of drug-likeness (QED) is 0.646. The lowest BCUT2D eigenvalue weighted by Gasteiger charge is -2.15. The number of carbonyl (C=O) groups is 4. The molecule has 1 aliphatic rings. The molecule has 0 saturated carbocycles. The van der Waals surface area contributed by atoms with Crippen molar-refractivity contribution in [2.24, 2.45) is 0 Å². The highest BCUT2D eigenvalue weighted by molar-refractivity contribution is 6.03. The zero-order valence-corrected chi connectivity index (χ0v) is 15.4. The van der Waals surface area contributed by atoms with Crippen molar-refractivity contribution in [3.8, 4) is 0 Å². The molecule has 0 unspecified atom stereocenters. The fraction of sp³-hybridized carbons (Fsp3) is 0.300. The molecule has 0 aliphatic carbocycles. The van der Waals surface area contributed by atoms with Gasteiger partial charge in [-0.2, -0.15) is 0 Å². The van der Waals surface area contributed by atoms with Gasteiger partial charge in [0, 0.05) is 36.5 Å². The highest BCUT2D eigenvalue weighted by Crippen LogP contribution is 2.29. The largest absolute Gasteiger partial charge is 0.450 e. The molecule has 2 aromatic rings. The highest BCUT2D eigenvalue weighted by atomic mass is 16.5. The number of hydrogen-bond donors (Lipinski definition) is 1. The SMILES string of the molecule is CC(=O)c1c[nH]c(C(=O)O[C@H](C)C(=O)c2ccc3c(c2)CCN3C(C)=O)c1. The summed E-state index contributed by atoms with van der Waals surface area (Å²) in [6, 6.07) is 6.52. The van der Waals surface area contributed by atoms with Gasteiger partial charge < -0.3 is 14.6 Å². The van der Waals surface area contributed by atoms with Gasteiger partial charge in [0.25, 0.3) is 0 Å². The Hall–Kier alpha value is -3.22. The first kappa shape index (κ1) is 18.6. The molecule has 0 saturated heterocycles. The molecule has 0 bridgehead atoms. The first-order valence-corrected chi connectivity index (χ1v) is 8.63. The molecule has 7 nitrogen and oxygen atoms in total. The fourth-order valence-corrected chi connectivity index (χ4v) is 3.11. The number of esters is 1. The van der Waals surface area contributed by atoms with Gasteiger partial charge in [-0.15, -0.1) is 0 Å². The molecule has 0 fully saturated rings. The number of H-pyrrole nitrogens is 1. The normalized spacial score (nSPS) is 13.8. The van der Waals surface area contributed by atoms with Crippen molar-refractivity contribution in [1.82, 2.24) is 4.98 Å². The number of hydrogen-bond acceptors (Lipinski definition) is 5. The number of nitrogens with zero attached hydrogens (tertiary/aromatic N) is 1. The summed E-state index contributed by atoms with van der Waals surface area (Å²) in [5.74, 6) is -1.24. The van der Waals surface area contributed by atoms with E-state index in [1.807, 2.05) is 0 Å². The number of fused-ring (bicyclic) bond motifs is 1. The Morgan fingerprint density at radius 2 is 1.85 bits per heavy atom. The van der Waals surface area contributed by atoms with Crippen LogP contribution in [0.1, 0.15) is 57.5 Å². The summed E-state index contributed by atoms with van der Waals surface area (Å²) >= 11 is 0. The van der Waals surface area contributed by atoms with E-state index in [9.17, 15) is 19.2 Å². The van der Waals surface area contributed by atoms with E-state index < -0.39 is 12.1 Å². The maximum atomic E-state index is 12.6. The second-order valence-corrected chi connectivity index (χ2v) is 6.53. The van der Waals surface area contributed by atoms with Crippen LogP contribution in [0.4, 0.5) is 5.69 Å². The summed E-state index contributed by atoms with van der Waals surface area (Å²) in [5, 5.41) is 0. The van der Waals surface area contributed by atoms with Crippen LogP contribution in [0.5, 0.6) is 0 Å². The van der Waals surface area contributed by atoms with E-state index in [0.29, 0.717) is 24.1 Å². The Morgan fingerprint density at radius 1 is 1.11 bits per heavy atom. The number of nitrogens with one attached hydrogen (secondary N) is 1. The molecule has 1 atom stereocenters. The molecule has 1 aromatic carbocycles. The smallest absolute Gasteiger partial charge is 0.355 e. The first-order valence-electron chi connectivity index (χ1n) is 8.63. The Balaban J connectivity index is 1.71. The Bertz CT molecular complexity index is 944. The lowest BCUT2D eigenvalue weighted by Crippen LogP contribution is -2.26. The zero-order chi connectivity index (χ0) is 19.7. The van der Waals surface area contributed by atoms with E-state index in [1.54, 1.807) is 23.1 Å². The molecule has 27 heavy (non-hydrogen) atoms. The number of carbonyl (C=O) groups excluding carboxylic acids is 4. The maximum absolute atomic E-state index is 12.6. The molecule has 1 aromatic heterocycles. The summed E-state index contributed by atoms with van der Waals surface area (Å²) in [6.45, 7) is 5.00. The van der Waals surface area contributed by atoms with Gasteiger partial charge in [0.05, 0.1) is 0 Å². The predicted octanol–water partition coefficient (Wildman–Crippen LogP) is 2.55. The summed E-state index contributed by atoms with van der Waals surface area (Å²) in [5.41, 5.74) is 2.65. The molecular formula is C20H20N2O5. The van der Waals surface area contributed by atoms with Gasteiger partial charge in [-0.3, -0.25) is 14.4 Å². The molecular weight excluding hydrogens is 348 g/mol. The van der Waals surface area contributed by atoms with Crippen molar-refractivity contribution in [1.29, 1.82) is 0 Å². The number of rotatable bonds is 5. The molecule has 3 rings (SSSR count). The minimum absolute atomic E-state index is 0.0361. The second kappa shape index (κ2) is 7.19. The van der Waals surface area contributed by atoms with Crippen LogP contribution in [-0.4, -0.2) is 41.1 Å². The van der Waals surface area contributed by atoms with Gasteiger partial charge in [-0.1, -0.05) is 0 Å². The van der Waals surface area contributed by atoms with Crippen LogP contribution in [0.2, 0.25) is 0 Å². The van der Waals surface area contributed by atoms with Crippen molar-refractivity contribution in [3.63, 3.8) is 0 Å². The average molecular weight is 368 g/mol. The van der Waals surface area contributed by atoms with Crippen molar-refractivity contribution in [3.05, 3.63) is 52.8 Å². The molecule has 1 aliphatic heterocycles. The number of amides is 1. The average Bonchev–Trinajstić information content (AvgIpc) is 3.27. The Kier molecular flexibility index (Phi) is 4.94. The maximum Gasteiger partial charge on any atom is 0.355 e. The zero-order valence-electron chi connectivity index (χ0n) is 15.4. The van der Waals surface area contributed by atoms with Crippen LogP contribution in [0.25, 0.3) is 0 Å². The first-order chi connectivity index (χ1) is 12.8. The van der Waals surface area contributed by atoms with Crippen LogP contribution in [0, 0.1) is 0 Å². The van der Waals surface area contributed by atoms with Gasteiger partial charge >= 0.3 is 5.97 Å². The molecule has 0 spiro atoms. The number of anilines is 1. The lowest BCUT2D eigenvalue weighted by molar-refractivity contribution is -0.116. The molecule has 140 valence electrons. The third kappa shape index (κ3) is 3.67. The predicted molar refractivity (Wildman–Crippen MR) is 98.2 cm³/mol. The summed E-state index contributed by atoms with van der Waals surface area (Å²) in [4.78, 5) is 52.1. The molecule has 1 amide bonds. The molecule has 7 heteroatoms. The molecule has 1 N–H and O–H groups in total. The fourth-order valence-electron chi connectivity index (χ4n) is 3.11. The van der Waals surface area contributed by atoms with Gasteiger partial charge in [-0.05, 0) is 50.1 Å². The van der Waals surface area contributed by atoms with Gasteiger partial charge in [0.2, 0.25) is 11.7 Å². The highest BCUT2D eigenvalue weighted by Gasteiger charge is 2.26. The van der Waals surface area contributed by atoms with Crippen molar-refractivity contribution in [2.45, 2.75) is 33.3 Å². The van der Waals surface area contributed by atoms with E-state index >= 15 is 0 Å². The third-order valence-electron chi connectivity index (χ3n) is 4.60. The van der Waals surface area contributed by atoms with Crippen molar-refractivity contribution in [2.75, 3.05) is 11.4 Å². The second-order valence-electron chi connectivity index (χ2n) is 6.53. The Morgan fingerprint density at radius 3 is 2.48 bits per heavy atom. The van der Waals surface area contributed by atoms with Crippen LogP contribution in [0.15, 0.2) is 30.5 Å². The number of ketones is 2. The lowest BCUT2D eigenvalue weighted by atomic mass is 10.0. The third-order valence-corrected chi connectivity index (χ3v) is 4.60. The molecule has 0 radical (unpaired) electrons. The van der Waals surface area contributed by atoms with Crippen LogP contribution >= 0.6 is 0 Å². The van der Waals surface area contributed by atoms with E-state index in [0.717, 1.165) is 11.3 Å². The van der Waals surface area contributed by atoms with Crippen molar-refractivity contribution >= 4 is 29.1 Å². The van der Waals surface area contributed by atoms with Crippen LogP contribution in [-0.2, 0) is 16.0 Å². The van der Waals surface area contributed by atoms with E-state index in [2.05, 4.69) is 4.98 Å². The van der Waals surface area contributed by atoms with Crippen LogP contribution < -0.4 is 4.90 Å². The Labute approximate surface area is 156 Å². The monoisotopic (exact) mass is 368 g/mol. The number of aromatic amines is 1. The van der Waals surface area contributed by atoms with Crippen LogP contribution in [0.3, 0.4) is 0 Å². The number of Topliss-reactive ketones (excluding diaryl/α,β-unsaturated/α-hetero) is 2. The molecule has 2 heterocycles. The summed E-state index contributed by atoms with van der Waals surface area (Å²) < 4.78 is 5.23. The van der Waals surface area contributed by atoms with Gasteiger partial charge in [-0.25, -0.2) is 4.79 Å². The van der Waals surface area contributed by atoms with Gasteiger partial charge in [0.15, 0.2) is 11.9 Å². The minimum Gasteiger partial charge on any atom is -0.450 e. The van der Waals surface area contributed by atoms with E-state index in [1.165, 1.54) is 33.0 Å². The van der Waals surface area contributed by atoms with Crippen molar-refractivity contribution < 1.29 is 23.9 Å².